The van der Waals surface area contributed by atoms with Gasteiger partial charge in [-0.15, -0.1) is 0 Å². The van der Waals surface area contributed by atoms with Gasteiger partial charge in [-0.2, -0.15) is 0 Å². The minimum Gasteiger partial charge on any atom is -0.385 e. The molecule has 0 fully saturated rings. The van der Waals surface area contributed by atoms with Gasteiger partial charge in [0.05, 0.1) is 0 Å². The minimum atomic E-state index is -0.112. The molecule has 0 aromatic heterocycles. The quantitative estimate of drug-likeness (QED) is 0.852. The van der Waals surface area contributed by atoms with Crippen LogP contribution in [0.4, 0.5) is 10.1 Å². The van der Waals surface area contributed by atoms with E-state index < -0.39 is 0 Å². The van der Waals surface area contributed by atoms with Gasteiger partial charge in [0.15, 0.2) is 0 Å². The van der Waals surface area contributed by atoms with Crippen molar-refractivity contribution in [3.63, 3.8) is 0 Å². The molecule has 0 saturated carbocycles. The van der Waals surface area contributed by atoms with Gasteiger partial charge in [-0.3, -0.25) is 0 Å². The van der Waals surface area contributed by atoms with Crippen LogP contribution in [0.15, 0.2) is 36.4 Å². The number of anilines is 1. The normalized spacial score (nSPS) is 13.8. The van der Waals surface area contributed by atoms with Crippen LogP contribution >= 0.6 is 0 Å². The standard InChI is InChI=1S/C17H18FN/c1-12-7-8-16(18)15(10-12)11-14-5-2-4-13-6-3-9-19-17(13)14/h2,4-5,7-8,10,19H,3,6,9,11H2,1H3. The van der Waals surface area contributed by atoms with Crippen molar-refractivity contribution in [2.24, 2.45) is 0 Å². The van der Waals surface area contributed by atoms with Gasteiger partial charge in [-0.25, -0.2) is 4.39 Å². The Balaban J connectivity index is 1.97. The highest BCUT2D eigenvalue weighted by Gasteiger charge is 2.13. The molecule has 2 aromatic carbocycles. The van der Waals surface area contributed by atoms with Gasteiger partial charge in [0.1, 0.15) is 5.82 Å². The predicted molar refractivity (Wildman–Crippen MR) is 77.2 cm³/mol. The average Bonchev–Trinajstić information content (AvgIpc) is 2.43. The van der Waals surface area contributed by atoms with Gasteiger partial charge in [0.25, 0.3) is 0 Å². The molecule has 0 unspecified atom stereocenters. The molecule has 0 spiro atoms. The summed E-state index contributed by atoms with van der Waals surface area (Å²) in [6, 6.07) is 11.7. The summed E-state index contributed by atoms with van der Waals surface area (Å²) < 4.78 is 13.9. The maximum absolute atomic E-state index is 13.9. The monoisotopic (exact) mass is 255 g/mol. The van der Waals surface area contributed by atoms with E-state index in [1.807, 2.05) is 19.1 Å². The molecule has 1 aliphatic rings. The molecular weight excluding hydrogens is 237 g/mol. The highest BCUT2D eigenvalue weighted by Crippen LogP contribution is 2.28. The molecule has 2 aromatic rings. The molecule has 3 rings (SSSR count). The number of aryl methyl sites for hydroxylation is 2. The van der Waals surface area contributed by atoms with Crippen molar-refractivity contribution < 1.29 is 4.39 Å². The summed E-state index contributed by atoms with van der Waals surface area (Å²) in [5, 5.41) is 3.46. The third kappa shape index (κ3) is 2.48. The zero-order chi connectivity index (χ0) is 13.2. The van der Waals surface area contributed by atoms with Crippen molar-refractivity contribution in [1.29, 1.82) is 0 Å². The molecule has 1 N–H and O–H groups in total. The lowest BCUT2D eigenvalue weighted by atomic mass is 9.95. The molecule has 0 radical (unpaired) electrons. The fraction of sp³-hybridized carbons (Fsp3) is 0.294. The molecule has 19 heavy (non-hydrogen) atoms. The minimum absolute atomic E-state index is 0.112. The van der Waals surface area contributed by atoms with Crippen molar-refractivity contribution in [2.75, 3.05) is 11.9 Å². The fourth-order valence-corrected chi connectivity index (χ4v) is 2.77. The Bertz CT molecular complexity index is 604. The number of rotatable bonds is 2. The molecular formula is C17H18FN. The molecule has 0 aliphatic carbocycles. The third-order valence-corrected chi connectivity index (χ3v) is 3.74. The summed E-state index contributed by atoms with van der Waals surface area (Å²) in [5.41, 5.74) is 5.66. The highest BCUT2D eigenvalue weighted by atomic mass is 19.1. The summed E-state index contributed by atoms with van der Waals surface area (Å²) >= 11 is 0. The number of para-hydroxylation sites is 1. The van der Waals surface area contributed by atoms with Gasteiger partial charge in [-0.1, -0.05) is 35.9 Å². The number of halogens is 1. The molecule has 0 atom stereocenters. The van der Waals surface area contributed by atoms with Gasteiger partial charge in [-0.05, 0) is 42.5 Å². The van der Waals surface area contributed by atoms with Crippen molar-refractivity contribution in [2.45, 2.75) is 26.2 Å². The van der Waals surface area contributed by atoms with Gasteiger partial charge in [0, 0.05) is 18.7 Å². The van der Waals surface area contributed by atoms with E-state index in [-0.39, 0.29) is 5.82 Å². The van der Waals surface area contributed by atoms with Crippen molar-refractivity contribution >= 4 is 5.69 Å². The summed E-state index contributed by atoms with van der Waals surface area (Å²) in [6.07, 6.45) is 2.95. The first kappa shape index (κ1) is 12.2. The van der Waals surface area contributed by atoms with Gasteiger partial charge < -0.3 is 5.32 Å². The van der Waals surface area contributed by atoms with Crippen LogP contribution in [0.2, 0.25) is 0 Å². The van der Waals surface area contributed by atoms with Crippen molar-refractivity contribution in [3.8, 4) is 0 Å². The zero-order valence-electron chi connectivity index (χ0n) is 11.2. The summed E-state index contributed by atoms with van der Waals surface area (Å²) in [7, 11) is 0. The third-order valence-electron chi connectivity index (χ3n) is 3.74. The van der Waals surface area contributed by atoms with E-state index in [1.54, 1.807) is 6.07 Å². The Labute approximate surface area is 113 Å². The van der Waals surface area contributed by atoms with E-state index >= 15 is 0 Å². The van der Waals surface area contributed by atoms with Gasteiger partial charge >= 0.3 is 0 Å². The Morgan fingerprint density at radius 1 is 1.16 bits per heavy atom. The molecule has 0 saturated heterocycles. The number of fused-ring (bicyclic) bond motifs is 1. The number of hydrogen-bond donors (Lipinski definition) is 1. The van der Waals surface area contributed by atoms with E-state index in [1.165, 1.54) is 23.2 Å². The first-order valence-electron chi connectivity index (χ1n) is 6.84. The molecule has 0 amide bonds. The Morgan fingerprint density at radius 2 is 2.05 bits per heavy atom. The fourth-order valence-electron chi connectivity index (χ4n) is 2.77. The molecule has 2 heteroatoms. The second-order valence-corrected chi connectivity index (χ2v) is 5.25. The predicted octanol–water partition coefficient (Wildman–Crippen LogP) is 4.08. The molecule has 1 heterocycles. The van der Waals surface area contributed by atoms with Crippen LogP contribution in [0.25, 0.3) is 0 Å². The average molecular weight is 255 g/mol. The Kier molecular flexibility index (Phi) is 3.24. The lowest BCUT2D eigenvalue weighted by Gasteiger charge is -2.21. The van der Waals surface area contributed by atoms with Crippen molar-refractivity contribution in [3.05, 3.63) is 64.5 Å². The Morgan fingerprint density at radius 3 is 2.95 bits per heavy atom. The molecule has 1 aliphatic heterocycles. The van der Waals surface area contributed by atoms with Crippen LogP contribution in [-0.2, 0) is 12.8 Å². The van der Waals surface area contributed by atoms with Crippen LogP contribution in [-0.4, -0.2) is 6.54 Å². The maximum atomic E-state index is 13.9. The van der Waals surface area contributed by atoms with Crippen LogP contribution < -0.4 is 5.32 Å². The number of nitrogens with one attached hydrogen (secondary N) is 1. The van der Waals surface area contributed by atoms with Gasteiger partial charge in [0.2, 0.25) is 0 Å². The zero-order valence-corrected chi connectivity index (χ0v) is 11.2. The molecule has 98 valence electrons. The topological polar surface area (TPSA) is 12.0 Å². The van der Waals surface area contributed by atoms with Crippen LogP contribution in [0.3, 0.4) is 0 Å². The largest absolute Gasteiger partial charge is 0.385 e. The van der Waals surface area contributed by atoms with E-state index in [0.717, 1.165) is 24.1 Å². The first-order chi connectivity index (χ1) is 9.24. The van der Waals surface area contributed by atoms with E-state index in [0.29, 0.717) is 6.42 Å². The van der Waals surface area contributed by atoms with E-state index in [4.69, 9.17) is 0 Å². The lowest BCUT2D eigenvalue weighted by Crippen LogP contribution is -2.14. The summed E-state index contributed by atoms with van der Waals surface area (Å²) in [5.74, 6) is -0.112. The second kappa shape index (κ2) is 5.04. The first-order valence-corrected chi connectivity index (χ1v) is 6.84. The molecule has 0 bridgehead atoms. The van der Waals surface area contributed by atoms with Crippen LogP contribution in [0, 0.1) is 12.7 Å². The van der Waals surface area contributed by atoms with Crippen LogP contribution in [0.5, 0.6) is 0 Å². The van der Waals surface area contributed by atoms with Crippen molar-refractivity contribution in [1.82, 2.24) is 0 Å². The van der Waals surface area contributed by atoms with Crippen LogP contribution in [0.1, 0.15) is 28.7 Å². The second-order valence-electron chi connectivity index (χ2n) is 5.25. The number of hydrogen-bond acceptors (Lipinski definition) is 1. The SMILES string of the molecule is Cc1ccc(F)c(Cc2cccc3c2NCCC3)c1. The lowest BCUT2D eigenvalue weighted by molar-refractivity contribution is 0.613. The highest BCUT2D eigenvalue weighted by molar-refractivity contribution is 5.60. The Hall–Kier alpha value is -1.83. The summed E-state index contributed by atoms with van der Waals surface area (Å²) in [4.78, 5) is 0. The van der Waals surface area contributed by atoms with E-state index in [9.17, 15) is 4.39 Å². The summed E-state index contributed by atoms with van der Waals surface area (Å²) in [6.45, 7) is 3.02. The molecule has 1 nitrogen and oxygen atoms in total. The number of benzene rings is 2. The smallest absolute Gasteiger partial charge is 0.126 e. The maximum Gasteiger partial charge on any atom is 0.126 e. The van der Waals surface area contributed by atoms with E-state index in [2.05, 4.69) is 23.5 Å².